The first-order chi connectivity index (χ1) is 7.07. The van der Waals surface area contributed by atoms with Crippen LogP contribution in [-0.2, 0) is 10.0 Å². The zero-order valence-corrected chi connectivity index (χ0v) is 8.32. The quantitative estimate of drug-likeness (QED) is 0.743. The van der Waals surface area contributed by atoms with Crippen LogP contribution in [0.4, 0.5) is 0 Å². The molecule has 2 rings (SSSR count). The van der Waals surface area contributed by atoms with Crippen molar-refractivity contribution in [2.24, 2.45) is 5.14 Å². The van der Waals surface area contributed by atoms with Crippen molar-refractivity contribution in [2.45, 2.75) is 4.90 Å². The van der Waals surface area contributed by atoms with Crippen LogP contribution in [-0.4, -0.2) is 23.6 Å². The molecule has 0 atom stereocenters. The Morgan fingerprint density at radius 2 is 1.93 bits per heavy atom. The number of sulfonamides is 1. The summed E-state index contributed by atoms with van der Waals surface area (Å²) in [5.41, 5.74) is 0.719. The summed E-state index contributed by atoms with van der Waals surface area (Å²) in [6, 6.07) is 6.00. The topological polar surface area (TPSA) is 102 Å². The molecule has 7 heteroatoms. The largest absolute Gasteiger partial charge is 0.318 e. The van der Waals surface area contributed by atoms with Crippen LogP contribution in [0, 0.1) is 6.33 Å². The van der Waals surface area contributed by atoms with Crippen LogP contribution in [0.25, 0.3) is 11.4 Å². The molecule has 1 aromatic carbocycles. The van der Waals surface area contributed by atoms with Crippen LogP contribution >= 0.6 is 0 Å². The summed E-state index contributed by atoms with van der Waals surface area (Å²) in [5.74, 6) is 0.524. The van der Waals surface area contributed by atoms with Crippen molar-refractivity contribution in [2.75, 3.05) is 0 Å². The predicted molar refractivity (Wildman–Crippen MR) is 52.0 cm³/mol. The molecule has 0 aliphatic carbocycles. The maximum atomic E-state index is 11.0. The van der Waals surface area contributed by atoms with Gasteiger partial charge in [-0.25, -0.2) is 13.6 Å². The van der Waals surface area contributed by atoms with Crippen molar-refractivity contribution in [3.8, 4) is 11.4 Å². The predicted octanol–water partition coefficient (Wildman–Crippen LogP) is -0.0807. The van der Waals surface area contributed by atoms with Gasteiger partial charge >= 0.3 is 0 Å². The Kier molecular flexibility index (Phi) is 2.25. The maximum absolute atomic E-state index is 11.0. The second-order valence-corrected chi connectivity index (χ2v) is 4.42. The van der Waals surface area contributed by atoms with Crippen molar-refractivity contribution in [1.82, 2.24) is 15.2 Å². The molecule has 2 aromatic rings. The van der Waals surface area contributed by atoms with Crippen molar-refractivity contribution in [1.29, 1.82) is 0 Å². The second-order valence-electron chi connectivity index (χ2n) is 2.85. The first-order valence-electron chi connectivity index (χ1n) is 3.99. The summed E-state index contributed by atoms with van der Waals surface area (Å²) in [6.07, 6.45) is 2.44. The van der Waals surface area contributed by atoms with Crippen LogP contribution < -0.4 is 5.14 Å². The van der Waals surface area contributed by atoms with Gasteiger partial charge in [0.15, 0.2) is 12.2 Å². The third-order valence-electron chi connectivity index (χ3n) is 1.83. The van der Waals surface area contributed by atoms with E-state index in [2.05, 4.69) is 21.5 Å². The summed E-state index contributed by atoms with van der Waals surface area (Å²) in [5, 5.41) is 12.2. The Morgan fingerprint density at radius 3 is 2.40 bits per heavy atom. The van der Waals surface area contributed by atoms with Gasteiger partial charge in [0.1, 0.15) is 0 Å². The highest BCUT2D eigenvalue weighted by molar-refractivity contribution is 7.89. The Labute approximate surface area is 86.2 Å². The molecule has 1 heterocycles. The fraction of sp³-hybridized carbons (Fsp3) is 0. The van der Waals surface area contributed by atoms with Gasteiger partial charge in [0.2, 0.25) is 10.0 Å². The third-order valence-corrected chi connectivity index (χ3v) is 2.76. The van der Waals surface area contributed by atoms with Crippen LogP contribution in [0.2, 0.25) is 0 Å². The number of primary sulfonamides is 1. The van der Waals surface area contributed by atoms with Crippen molar-refractivity contribution in [3.05, 3.63) is 30.6 Å². The fourth-order valence-corrected chi connectivity index (χ4v) is 1.63. The number of nitrogens with zero attached hydrogens (tertiary/aromatic N) is 2. The molecule has 0 aliphatic rings. The highest BCUT2D eigenvalue weighted by atomic mass is 32.2. The maximum Gasteiger partial charge on any atom is 0.238 e. The lowest BCUT2D eigenvalue weighted by atomic mass is 10.2. The standard InChI is InChI=1S/C8H7N4O2S/c9-15(13,14)7-3-1-6(2-4-7)8-10-5-11-12-8/h1-4H,(H2,9,13,14)(H,10,11,12). The monoisotopic (exact) mass is 223 g/mol. The number of hydrogen-bond acceptors (Lipinski definition) is 4. The van der Waals surface area contributed by atoms with E-state index >= 15 is 0 Å². The van der Waals surface area contributed by atoms with Crippen LogP contribution in [0.1, 0.15) is 0 Å². The Morgan fingerprint density at radius 1 is 1.27 bits per heavy atom. The van der Waals surface area contributed by atoms with E-state index < -0.39 is 10.0 Å². The summed E-state index contributed by atoms with van der Waals surface area (Å²) in [7, 11) is -3.64. The fourth-order valence-electron chi connectivity index (χ4n) is 1.11. The number of H-pyrrole nitrogens is 1. The Balaban J connectivity index is 2.42. The molecule has 0 amide bonds. The number of aromatic nitrogens is 3. The van der Waals surface area contributed by atoms with E-state index in [0.29, 0.717) is 5.82 Å². The Hall–Kier alpha value is -1.73. The number of aromatic amines is 1. The molecule has 3 N–H and O–H groups in total. The van der Waals surface area contributed by atoms with Gasteiger partial charge in [0.05, 0.1) is 4.90 Å². The number of nitrogens with one attached hydrogen (secondary N) is 1. The molecule has 0 fully saturated rings. The zero-order chi connectivity index (χ0) is 10.9. The van der Waals surface area contributed by atoms with E-state index in [1.807, 2.05) is 0 Å². The lowest BCUT2D eigenvalue weighted by Gasteiger charge is -1.99. The molecule has 15 heavy (non-hydrogen) atoms. The first-order valence-corrected chi connectivity index (χ1v) is 5.54. The average Bonchev–Trinajstić information content (AvgIpc) is 2.69. The molecule has 1 aromatic heterocycles. The summed E-state index contributed by atoms with van der Waals surface area (Å²) < 4.78 is 21.9. The van der Waals surface area contributed by atoms with Gasteiger partial charge in [0, 0.05) is 5.56 Å². The van der Waals surface area contributed by atoms with Crippen LogP contribution in [0.5, 0.6) is 0 Å². The second kappa shape index (κ2) is 3.44. The number of rotatable bonds is 2. The molecule has 0 unspecified atom stereocenters. The van der Waals surface area contributed by atoms with E-state index in [9.17, 15) is 8.42 Å². The molecule has 77 valence electrons. The number of nitrogens with two attached hydrogens (primary N) is 1. The van der Waals surface area contributed by atoms with E-state index in [1.165, 1.54) is 12.1 Å². The third kappa shape index (κ3) is 2.03. The van der Waals surface area contributed by atoms with E-state index in [-0.39, 0.29) is 4.90 Å². The highest BCUT2D eigenvalue weighted by Crippen LogP contribution is 2.15. The SMILES string of the molecule is NS(=O)(=O)c1ccc(-c2nn[c][nH]2)cc1. The molecular weight excluding hydrogens is 216 g/mol. The average molecular weight is 223 g/mol. The van der Waals surface area contributed by atoms with E-state index in [4.69, 9.17) is 5.14 Å². The minimum atomic E-state index is -3.64. The van der Waals surface area contributed by atoms with Crippen molar-refractivity contribution in [3.63, 3.8) is 0 Å². The van der Waals surface area contributed by atoms with Gasteiger partial charge in [-0.3, -0.25) is 0 Å². The van der Waals surface area contributed by atoms with Crippen LogP contribution in [0.3, 0.4) is 0 Å². The molecule has 0 spiro atoms. The van der Waals surface area contributed by atoms with Crippen LogP contribution in [0.15, 0.2) is 29.2 Å². The number of hydrogen-bond donors (Lipinski definition) is 2. The number of benzene rings is 1. The van der Waals surface area contributed by atoms with E-state index in [1.54, 1.807) is 12.1 Å². The smallest absolute Gasteiger partial charge is 0.238 e. The van der Waals surface area contributed by atoms with Gasteiger partial charge in [-0.05, 0) is 24.3 Å². The molecule has 0 bridgehead atoms. The molecule has 0 aliphatic heterocycles. The Bertz CT molecular complexity index is 545. The summed E-state index contributed by atoms with van der Waals surface area (Å²) in [6.45, 7) is 0. The summed E-state index contributed by atoms with van der Waals surface area (Å²) >= 11 is 0. The molecule has 1 radical (unpaired) electrons. The minimum absolute atomic E-state index is 0.0646. The first kappa shape index (κ1) is 9.81. The molecule has 0 saturated carbocycles. The van der Waals surface area contributed by atoms with E-state index in [0.717, 1.165) is 5.56 Å². The lowest BCUT2D eigenvalue weighted by molar-refractivity contribution is 0.598. The molecular formula is C8H7N4O2S. The molecule has 6 nitrogen and oxygen atoms in total. The van der Waals surface area contributed by atoms with Crippen molar-refractivity contribution >= 4 is 10.0 Å². The highest BCUT2D eigenvalue weighted by Gasteiger charge is 2.08. The van der Waals surface area contributed by atoms with Gasteiger partial charge in [-0.1, -0.05) is 0 Å². The normalized spacial score (nSPS) is 11.5. The van der Waals surface area contributed by atoms with Crippen molar-refractivity contribution < 1.29 is 8.42 Å². The summed E-state index contributed by atoms with van der Waals surface area (Å²) in [4.78, 5) is 2.75. The van der Waals surface area contributed by atoms with Gasteiger partial charge in [-0.2, -0.15) is 0 Å². The van der Waals surface area contributed by atoms with Gasteiger partial charge in [0.25, 0.3) is 0 Å². The minimum Gasteiger partial charge on any atom is -0.318 e. The lowest BCUT2D eigenvalue weighted by Crippen LogP contribution is -2.11. The zero-order valence-electron chi connectivity index (χ0n) is 7.51. The van der Waals surface area contributed by atoms with Gasteiger partial charge in [-0.15, -0.1) is 10.2 Å². The van der Waals surface area contributed by atoms with Gasteiger partial charge < -0.3 is 4.98 Å². The molecule has 0 saturated heterocycles.